The highest BCUT2D eigenvalue weighted by Crippen LogP contribution is 2.17. The maximum atomic E-state index is 12.8. The van der Waals surface area contributed by atoms with Crippen LogP contribution in [-0.4, -0.2) is 51.6 Å². The summed E-state index contributed by atoms with van der Waals surface area (Å²) in [6.45, 7) is 0.818. The Morgan fingerprint density at radius 3 is 2.26 bits per heavy atom. The molecule has 0 aromatic heterocycles. The molecule has 0 saturated heterocycles. The molecule has 0 spiro atoms. The van der Waals surface area contributed by atoms with Crippen molar-refractivity contribution in [1.82, 2.24) is 5.32 Å². The van der Waals surface area contributed by atoms with E-state index in [1.54, 1.807) is 67.6 Å². The molecular weight excluding hydrogens is 432 g/mol. The second kappa shape index (κ2) is 12.2. The molecule has 0 aliphatic heterocycles. The molecule has 3 amide bonds. The molecule has 3 aromatic rings. The van der Waals surface area contributed by atoms with Gasteiger partial charge in [-0.2, -0.15) is 0 Å². The second-order valence-electron chi connectivity index (χ2n) is 7.51. The minimum Gasteiger partial charge on any atom is -0.383 e. The summed E-state index contributed by atoms with van der Waals surface area (Å²) in [4.78, 5) is 39.0. The third-order valence-corrected chi connectivity index (χ3v) is 5.01. The number of amides is 3. The number of rotatable bonds is 10. The van der Waals surface area contributed by atoms with Crippen LogP contribution in [0, 0.1) is 0 Å². The van der Waals surface area contributed by atoms with Gasteiger partial charge in [-0.05, 0) is 48.5 Å². The SMILES string of the molecule is COCCNC(=O)c1cccc(NC(=O)CNc2cccc(C(=O)N(C)c3ccccc3)c2)c1. The Kier molecular flexibility index (Phi) is 8.76. The summed E-state index contributed by atoms with van der Waals surface area (Å²) in [5.74, 6) is -0.678. The lowest BCUT2D eigenvalue weighted by Crippen LogP contribution is -2.27. The molecule has 0 heterocycles. The molecule has 0 unspecified atom stereocenters. The van der Waals surface area contributed by atoms with E-state index in [1.807, 2.05) is 30.3 Å². The molecule has 3 rings (SSSR count). The number of hydrogen-bond acceptors (Lipinski definition) is 5. The molecule has 0 aliphatic rings. The predicted molar refractivity (Wildman–Crippen MR) is 133 cm³/mol. The summed E-state index contributed by atoms with van der Waals surface area (Å²) in [5.41, 5.74) is 2.90. The van der Waals surface area contributed by atoms with Crippen molar-refractivity contribution in [2.75, 3.05) is 49.4 Å². The molecule has 176 valence electrons. The summed E-state index contributed by atoms with van der Waals surface area (Å²) < 4.78 is 4.92. The van der Waals surface area contributed by atoms with Gasteiger partial charge in [-0.3, -0.25) is 14.4 Å². The monoisotopic (exact) mass is 460 g/mol. The average molecular weight is 461 g/mol. The minimum atomic E-state index is -0.282. The van der Waals surface area contributed by atoms with E-state index in [2.05, 4.69) is 16.0 Å². The lowest BCUT2D eigenvalue weighted by molar-refractivity contribution is -0.114. The fourth-order valence-corrected chi connectivity index (χ4v) is 3.22. The number of nitrogens with zero attached hydrogens (tertiary/aromatic N) is 1. The van der Waals surface area contributed by atoms with Crippen molar-refractivity contribution in [1.29, 1.82) is 0 Å². The standard InChI is InChI=1S/C26H28N4O4/c1-30(23-12-4-3-5-13-23)26(33)20-9-7-10-21(17-20)28-18-24(31)29-22-11-6-8-19(16-22)25(32)27-14-15-34-2/h3-13,16-17,28H,14-15,18H2,1-2H3,(H,27,32)(H,29,31). The number of para-hydroxylation sites is 1. The van der Waals surface area contributed by atoms with Crippen molar-refractivity contribution in [3.05, 3.63) is 90.0 Å². The highest BCUT2D eigenvalue weighted by molar-refractivity contribution is 6.06. The first-order chi connectivity index (χ1) is 16.5. The van der Waals surface area contributed by atoms with Crippen LogP contribution in [0.3, 0.4) is 0 Å². The zero-order valence-electron chi connectivity index (χ0n) is 19.2. The van der Waals surface area contributed by atoms with Crippen LogP contribution in [0.2, 0.25) is 0 Å². The zero-order valence-corrected chi connectivity index (χ0v) is 19.2. The number of benzene rings is 3. The molecule has 0 bridgehead atoms. The maximum absolute atomic E-state index is 12.8. The molecule has 0 atom stereocenters. The summed E-state index contributed by atoms with van der Waals surface area (Å²) in [5, 5.41) is 8.54. The Labute approximate surface area is 198 Å². The normalized spacial score (nSPS) is 10.3. The van der Waals surface area contributed by atoms with E-state index in [-0.39, 0.29) is 24.3 Å². The first kappa shape index (κ1) is 24.5. The molecule has 0 radical (unpaired) electrons. The van der Waals surface area contributed by atoms with Gasteiger partial charge in [-0.25, -0.2) is 0 Å². The number of carbonyl (C=O) groups is 3. The number of carbonyl (C=O) groups excluding carboxylic acids is 3. The van der Waals surface area contributed by atoms with Gasteiger partial charge in [0.2, 0.25) is 5.91 Å². The summed E-state index contributed by atoms with van der Waals surface area (Å²) in [6.07, 6.45) is 0. The summed E-state index contributed by atoms with van der Waals surface area (Å²) >= 11 is 0. The van der Waals surface area contributed by atoms with Gasteiger partial charge in [-0.1, -0.05) is 30.3 Å². The first-order valence-electron chi connectivity index (χ1n) is 10.8. The van der Waals surface area contributed by atoms with Crippen molar-refractivity contribution in [2.45, 2.75) is 0 Å². The van der Waals surface area contributed by atoms with Gasteiger partial charge < -0.3 is 25.6 Å². The lowest BCUT2D eigenvalue weighted by atomic mass is 10.1. The van der Waals surface area contributed by atoms with Gasteiger partial charge in [0.05, 0.1) is 13.2 Å². The van der Waals surface area contributed by atoms with Crippen LogP contribution in [0.1, 0.15) is 20.7 Å². The van der Waals surface area contributed by atoms with Gasteiger partial charge in [-0.15, -0.1) is 0 Å². The number of methoxy groups -OCH3 is 1. The Balaban J connectivity index is 1.56. The number of hydrogen-bond donors (Lipinski definition) is 3. The van der Waals surface area contributed by atoms with Crippen LogP contribution in [0.5, 0.6) is 0 Å². The first-order valence-corrected chi connectivity index (χ1v) is 10.8. The largest absolute Gasteiger partial charge is 0.383 e. The molecule has 0 aliphatic carbocycles. The fourth-order valence-electron chi connectivity index (χ4n) is 3.22. The van der Waals surface area contributed by atoms with Gasteiger partial charge in [0.15, 0.2) is 0 Å². The number of anilines is 3. The van der Waals surface area contributed by atoms with E-state index >= 15 is 0 Å². The van der Waals surface area contributed by atoms with E-state index < -0.39 is 0 Å². The second-order valence-corrected chi connectivity index (χ2v) is 7.51. The van der Waals surface area contributed by atoms with Gasteiger partial charge in [0, 0.05) is 48.9 Å². The molecule has 3 N–H and O–H groups in total. The van der Waals surface area contributed by atoms with E-state index in [1.165, 1.54) is 0 Å². The Bertz CT molecular complexity index is 1130. The number of ether oxygens (including phenoxy) is 1. The minimum absolute atomic E-state index is 0.00354. The Morgan fingerprint density at radius 1 is 0.853 bits per heavy atom. The molecule has 0 fully saturated rings. The smallest absolute Gasteiger partial charge is 0.258 e. The Hall–Kier alpha value is -4.17. The van der Waals surface area contributed by atoms with Crippen LogP contribution in [0.15, 0.2) is 78.9 Å². The highest BCUT2D eigenvalue weighted by atomic mass is 16.5. The van der Waals surface area contributed by atoms with Crippen LogP contribution in [0.4, 0.5) is 17.1 Å². The molecule has 34 heavy (non-hydrogen) atoms. The summed E-state index contributed by atoms with van der Waals surface area (Å²) in [7, 11) is 3.28. The van der Waals surface area contributed by atoms with Crippen molar-refractivity contribution < 1.29 is 19.1 Å². The molecule has 0 saturated carbocycles. The fraction of sp³-hybridized carbons (Fsp3) is 0.192. The lowest BCUT2D eigenvalue weighted by Gasteiger charge is -2.18. The molecular formula is C26H28N4O4. The van der Waals surface area contributed by atoms with E-state index in [0.29, 0.717) is 35.7 Å². The summed E-state index contributed by atoms with van der Waals surface area (Å²) in [6, 6.07) is 23.1. The highest BCUT2D eigenvalue weighted by Gasteiger charge is 2.14. The van der Waals surface area contributed by atoms with E-state index in [0.717, 1.165) is 5.69 Å². The zero-order chi connectivity index (χ0) is 24.3. The van der Waals surface area contributed by atoms with E-state index in [4.69, 9.17) is 4.74 Å². The van der Waals surface area contributed by atoms with Crippen molar-refractivity contribution in [3.63, 3.8) is 0 Å². The van der Waals surface area contributed by atoms with Crippen LogP contribution < -0.4 is 20.9 Å². The third kappa shape index (κ3) is 6.91. The average Bonchev–Trinajstić information content (AvgIpc) is 2.87. The van der Waals surface area contributed by atoms with Gasteiger partial charge in [0.25, 0.3) is 11.8 Å². The maximum Gasteiger partial charge on any atom is 0.258 e. The third-order valence-electron chi connectivity index (χ3n) is 5.01. The van der Waals surface area contributed by atoms with Crippen molar-refractivity contribution in [3.8, 4) is 0 Å². The predicted octanol–water partition coefficient (Wildman–Crippen LogP) is 3.39. The molecule has 8 heteroatoms. The molecule has 8 nitrogen and oxygen atoms in total. The van der Waals surface area contributed by atoms with Crippen molar-refractivity contribution >= 4 is 34.8 Å². The van der Waals surface area contributed by atoms with Crippen LogP contribution in [0.25, 0.3) is 0 Å². The molecule has 3 aromatic carbocycles. The van der Waals surface area contributed by atoms with Gasteiger partial charge in [0.1, 0.15) is 0 Å². The quantitative estimate of drug-likeness (QED) is 0.403. The van der Waals surface area contributed by atoms with Gasteiger partial charge >= 0.3 is 0 Å². The van der Waals surface area contributed by atoms with E-state index in [9.17, 15) is 14.4 Å². The topological polar surface area (TPSA) is 99.8 Å². The van der Waals surface area contributed by atoms with Crippen LogP contribution in [-0.2, 0) is 9.53 Å². The van der Waals surface area contributed by atoms with Crippen LogP contribution >= 0.6 is 0 Å². The van der Waals surface area contributed by atoms with Crippen molar-refractivity contribution in [2.24, 2.45) is 0 Å². The number of nitrogens with one attached hydrogen (secondary N) is 3. The Morgan fingerprint density at radius 2 is 1.53 bits per heavy atom.